The quantitative estimate of drug-likeness (QED) is 0.153. The Hall–Kier alpha value is -3.29. The van der Waals surface area contributed by atoms with E-state index >= 15 is 0 Å². The fourth-order valence-corrected chi connectivity index (χ4v) is 5.17. The minimum atomic E-state index is -2.33. The third-order valence-electron chi connectivity index (χ3n) is 7.62. The topological polar surface area (TPSA) is 266 Å². The molecule has 43 heavy (non-hydrogen) atoms. The van der Waals surface area contributed by atoms with Crippen LogP contribution in [0.3, 0.4) is 0 Å². The van der Waals surface area contributed by atoms with E-state index in [2.05, 4.69) is 0 Å². The molecule has 3 aliphatic heterocycles. The average Bonchev–Trinajstić information content (AvgIpc) is 2.94. The number of Topliss-reactive ketones (excluding diaryl/α,β-unsaturated/α-hetero) is 1. The maximum atomic E-state index is 12.9. The molecule has 236 valence electrons. The second kappa shape index (κ2) is 11.7. The normalized spacial score (nSPS) is 37.8. The van der Waals surface area contributed by atoms with Crippen molar-refractivity contribution in [2.75, 3.05) is 6.61 Å². The van der Waals surface area contributed by atoms with Gasteiger partial charge in [0, 0.05) is 17.7 Å². The number of aliphatic hydroxyl groups excluding tert-OH is 6. The Kier molecular flexibility index (Phi) is 8.45. The number of fused-ring (bicyclic) bond motifs is 1. The van der Waals surface area contributed by atoms with Gasteiger partial charge in [-0.05, 0) is 25.1 Å². The van der Waals surface area contributed by atoms with E-state index in [-0.39, 0.29) is 22.6 Å². The number of rotatable bonds is 6. The number of hydrogen-bond acceptors (Lipinski definition) is 16. The van der Waals surface area contributed by atoms with Crippen LogP contribution in [-0.4, -0.2) is 125 Å². The highest BCUT2D eigenvalue weighted by Crippen LogP contribution is 2.45. The second-order valence-corrected chi connectivity index (χ2v) is 10.6. The Balaban J connectivity index is 1.44. The van der Waals surface area contributed by atoms with Gasteiger partial charge in [-0.2, -0.15) is 0 Å². The van der Waals surface area contributed by atoms with Crippen LogP contribution in [0.15, 0.2) is 30.3 Å². The van der Waals surface area contributed by atoms with Crippen molar-refractivity contribution in [3.63, 3.8) is 0 Å². The van der Waals surface area contributed by atoms with Crippen LogP contribution in [0.5, 0.6) is 28.7 Å². The number of carbonyl (C=O) groups excluding carboxylic acids is 1. The fourth-order valence-electron chi connectivity index (χ4n) is 5.17. The SMILES string of the molecule is C[C@H]1O[C@@H](O[C@@H]2[C@H](Oc3cc(O)c4c(c3)O[C@](O)(c3ccc(O)c(O)c3)CC4=O)O[C@H](CO)[C@@H](O)[C@@H]2O)[C@H](O)[C@H](O)[C@H]1O. The van der Waals surface area contributed by atoms with Crippen LogP contribution in [0.25, 0.3) is 0 Å². The van der Waals surface area contributed by atoms with Crippen molar-refractivity contribution < 1.29 is 79.5 Å². The Morgan fingerprint density at radius 3 is 2.26 bits per heavy atom. The number of benzene rings is 2. The zero-order chi connectivity index (χ0) is 31.4. The van der Waals surface area contributed by atoms with Gasteiger partial charge in [0.1, 0.15) is 59.4 Å². The molecule has 11 atom stereocenters. The standard InChI is InChI=1S/C27H32O16/c1-9-19(33)21(35)23(37)25(39-9)42-24-22(36)20(34)17(8-28)41-26(24)40-11-5-14(31)18-15(32)7-27(38,43-16(18)6-11)10-2-3-12(29)13(30)4-10/h2-6,9,17,19-26,28-31,33-38H,7-8H2,1H3/t9-,17-,19+,20-,21-,22+,23-,24+,25+,26-,27+/m1/s1. The first-order valence-electron chi connectivity index (χ1n) is 13.2. The number of hydrogen-bond donors (Lipinski definition) is 10. The zero-order valence-electron chi connectivity index (χ0n) is 22.5. The van der Waals surface area contributed by atoms with E-state index in [0.717, 1.165) is 24.3 Å². The number of ether oxygens (including phenoxy) is 5. The smallest absolute Gasteiger partial charge is 0.242 e. The van der Waals surface area contributed by atoms with Gasteiger partial charge in [-0.25, -0.2) is 0 Å². The molecule has 0 amide bonds. The number of aromatic hydroxyl groups is 3. The van der Waals surface area contributed by atoms with Gasteiger partial charge in [-0.3, -0.25) is 4.79 Å². The van der Waals surface area contributed by atoms with Crippen molar-refractivity contribution in [1.82, 2.24) is 0 Å². The Bertz CT molecular complexity index is 1350. The molecule has 16 heteroatoms. The van der Waals surface area contributed by atoms with Crippen LogP contribution in [0, 0.1) is 0 Å². The van der Waals surface area contributed by atoms with E-state index in [4.69, 9.17) is 23.7 Å². The molecule has 5 rings (SSSR count). The monoisotopic (exact) mass is 612 g/mol. The van der Waals surface area contributed by atoms with Crippen LogP contribution in [0.4, 0.5) is 0 Å². The summed E-state index contributed by atoms with van der Waals surface area (Å²) in [7, 11) is 0. The lowest BCUT2D eigenvalue weighted by atomic mass is 9.92. The summed E-state index contributed by atoms with van der Waals surface area (Å²) in [6.45, 7) is 0.626. The average molecular weight is 613 g/mol. The molecular weight excluding hydrogens is 580 g/mol. The van der Waals surface area contributed by atoms with Crippen molar-refractivity contribution in [3.8, 4) is 28.7 Å². The summed E-state index contributed by atoms with van der Waals surface area (Å²) < 4.78 is 28.1. The van der Waals surface area contributed by atoms with Gasteiger partial charge in [0.25, 0.3) is 0 Å². The first-order valence-corrected chi connectivity index (χ1v) is 13.2. The molecular formula is C27H32O16. The van der Waals surface area contributed by atoms with Gasteiger partial charge in [-0.15, -0.1) is 0 Å². The molecule has 16 nitrogen and oxygen atoms in total. The van der Waals surface area contributed by atoms with E-state index in [1.165, 1.54) is 13.0 Å². The largest absolute Gasteiger partial charge is 0.507 e. The number of phenols is 3. The molecule has 3 aliphatic rings. The first kappa shape index (κ1) is 31.1. The second-order valence-electron chi connectivity index (χ2n) is 10.6. The molecule has 0 unspecified atom stereocenters. The van der Waals surface area contributed by atoms with Crippen molar-refractivity contribution in [1.29, 1.82) is 0 Å². The fraction of sp³-hybridized carbons (Fsp3) is 0.519. The number of phenolic OH excluding ortho intramolecular Hbond substituents is 3. The molecule has 2 aromatic carbocycles. The Morgan fingerprint density at radius 1 is 0.860 bits per heavy atom. The Labute approximate surface area is 243 Å². The molecule has 2 saturated heterocycles. The highest BCUT2D eigenvalue weighted by atomic mass is 16.8. The summed E-state index contributed by atoms with van der Waals surface area (Å²) in [6, 6.07) is 5.37. The van der Waals surface area contributed by atoms with E-state index < -0.39 is 103 Å². The number of aliphatic hydroxyl groups is 7. The molecule has 0 aliphatic carbocycles. The third kappa shape index (κ3) is 5.69. The molecule has 2 aromatic rings. The lowest BCUT2D eigenvalue weighted by Crippen LogP contribution is -2.64. The zero-order valence-corrected chi connectivity index (χ0v) is 22.5. The van der Waals surface area contributed by atoms with E-state index in [1.807, 2.05) is 0 Å². The van der Waals surface area contributed by atoms with Crippen molar-refractivity contribution in [3.05, 3.63) is 41.5 Å². The van der Waals surface area contributed by atoms with Crippen LogP contribution >= 0.6 is 0 Å². The summed E-state index contributed by atoms with van der Waals surface area (Å²) in [5.41, 5.74) is -0.395. The first-order chi connectivity index (χ1) is 20.2. The van der Waals surface area contributed by atoms with E-state index in [9.17, 15) is 55.9 Å². The van der Waals surface area contributed by atoms with Gasteiger partial charge in [-0.1, -0.05) is 0 Å². The molecule has 0 radical (unpaired) electrons. The number of ketones is 1. The van der Waals surface area contributed by atoms with Crippen molar-refractivity contribution in [2.24, 2.45) is 0 Å². The molecule has 2 fully saturated rings. The number of carbonyl (C=O) groups is 1. The lowest BCUT2D eigenvalue weighted by Gasteiger charge is -2.45. The summed E-state index contributed by atoms with van der Waals surface area (Å²) in [6.07, 6.45) is -16.5. The lowest BCUT2D eigenvalue weighted by molar-refractivity contribution is -0.354. The van der Waals surface area contributed by atoms with Gasteiger partial charge in [0.2, 0.25) is 12.1 Å². The summed E-state index contributed by atoms with van der Waals surface area (Å²) >= 11 is 0. The van der Waals surface area contributed by atoms with Crippen LogP contribution in [0.2, 0.25) is 0 Å². The molecule has 0 spiro atoms. The minimum absolute atomic E-state index is 0.0906. The summed E-state index contributed by atoms with van der Waals surface area (Å²) in [5, 5.41) is 103. The third-order valence-corrected chi connectivity index (χ3v) is 7.62. The van der Waals surface area contributed by atoms with Gasteiger partial charge in [0.05, 0.1) is 19.1 Å². The molecule has 10 N–H and O–H groups in total. The van der Waals surface area contributed by atoms with Gasteiger partial charge >= 0.3 is 0 Å². The molecule has 3 heterocycles. The van der Waals surface area contributed by atoms with Crippen molar-refractivity contribution in [2.45, 2.75) is 80.5 Å². The van der Waals surface area contributed by atoms with E-state index in [1.54, 1.807) is 0 Å². The van der Waals surface area contributed by atoms with Crippen LogP contribution < -0.4 is 9.47 Å². The molecule has 0 bridgehead atoms. The minimum Gasteiger partial charge on any atom is -0.507 e. The molecule has 0 aromatic heterocycles. The Morgan fingerprint density at radius 2 is 1.58 bits per heavy atom. The highest BCUT2D eigenvalue weighted by molar-refractivity contribution is 6.03. The maximum absolute atomic E-state index is 12.9. The van der Waals surface area contributed by atoms with E-state index in [0.29, 0.717) is 0 Å². The highest BCUT2D eigenvalue weighted by Gasteiger charge is 2.51. The van der Waals surface area contributed by atoms with Gasteiger partial charge in [0.15, 0.2) is 29.7 Å². The summed E-state index contributed by atoms with van der Waals surface area (Å²) in [5.74, 6) is -5.39. The maximum Gasteiger partial charge on any atom is 0.242 e. The molecule has 0 saturated carbocycles. The van der Waals surface area contributed by atoms with Crippen LogP contribution in [0.1, 0.15) is 29.3 Å². The predicted octanol–water partition coefficient (Wildman–Crippen LogP) is -2.36. The van der Waals surface area contributed by atoms with Crippen molar-refractivity contribution >= 4 is 5.78 Å². The van der Waals surface area contributed by atoms with Crippen LogP contribution in [-0.2, 0) is 20.0 Å². The predicted molar refractivity (Wildman–Crippen MR) is 137 cm³/mol. The van der Waals surface area contributed by atoms with Gasteiger partial charge < -0.3 is 74.7 Å². The summed E-state index contributed by atoms with van der Waals surface area (Å²) in [4.78, 5) is 12.9.